The van der Waals surface area contributed by atoms with Crippen molar-refractivity contribution in [1.29, 1.82) is 0 Å². The lowest BCUT2D eigenvalue weighted by Gasteiger charge is -2.34. The molecule has 152 valence electrons. The number of nitrogens with zero attached hydrogens (tertiary/aromatic N) is 3. The van der Waals surface area contributed by atoms with Crippen LogP contribution in [0.5, 0.6) is 5.75 Å². The van der Waals surface area contributed by atoms with Gasteiger partial charge < -0.3 is 9.64 Å². The molecule has 1 amide bonds. The lowest BCUT2D eigenvalue weighted by molar-refractivity contribution is -0.130. The van der Waals surface area contributed by atoms with Gasteiger partial charge in [-0.1, -0.05) is 12.1 Å². The van der Waals surface area contributed by atoms with Gasteiger partial charge in [0, 0.05) is 31.1 Å². The summed E-state index contributed by atoms with van der Waals surface area (Å²) >= 11 is 3.35. The molecule has 0 spiro atoms. The number of rotatable bonds is 7. The summed E-state index contributed by atoms with van der Waals surface area (Å²) in [5.41, 5.74) is 1.08. The Morgan fingerprint density at radius 1 is 1.10 bits per heavy atom. The van der Waals surface area contributed by atoms with Gasteiger partial charge in [-0.2, -0.15) is 0 Å². The number of fused-ring (bicyclic) bond motifs is 1. The van der Waals surface area contributed by atoms with Crippen LogP contribution in [-0.4, -0.2) is 59.2 Å². The van der Waals surface area contributed by atoms with Crippen LogP contribution in [0.4, 0.5) is 0 Å². The molecule has 0 N–H and O–H groups in total. The van der Waals surface area contributed by atoms with E-state index in [-0.39, 0.29) is 5.91 Å². The molecule has 1 fully saturated rings. The normalized spacial score (nSPS) is 15.0. The van der Waals surface area contributed by atoms with E-state index in [1.807, 2.05) is 42.2 Å². The molecule has 1 aliphatic rings. The van der Waals surface area contributed by atoms with Gasteiger partial charge in [-0.25, -0.2) is 4.98 Å². The van der Waals surface area contributed by atoms with Crippen LogP contribution in [-0.2, 0) is 11.3 Å². The number of thiazole rings is 1. The van der Waals surface area contributed by atoms with Crippen LogP contribution >= 0.6 is 23.1 Å². The second kappa shape index (κ2) is 9.61. The molecular weight excluding hydrogens is 402 g/mol. The minimum atomic E-state index is 0.212. The lowest BCUT2D eigenvalue weighted by atomic mass is 10.3. The first-order chi connectivity index (χ1) is 14.2. The first kappa shape index (κ1) is 20.2. The minimum absolute atomic E-state index is 0.212. The predicted octanol–water partition coefficient (Wildman–Crippen LogP) is 4.13. The molecule has 4 rings (SSSR count). The number of aromatic nitrogens is 1. The maximum absolute atomic E-state index is 12.6. The van der Waals surface area contributed by atoms with E-state index in [1.165, 1.54) is 4.70 Å². The quantitative estimate of drug-likeness (QED) is 0.531. The van der Waals surface area contributed by atoms with Crippen molar-refractivity contribution in [2.24, 2.45) is 0 Å². The van der Waals surface area contributed by atoms with Gasteiger partial charge in [0.15, 0.2) is 0 Å². The molecule has 3 aromatic rings. The average molecular weight is 428 g/mol. The SMILES string of the molecule is CCOc1ccc(SCC(=O)N2CCN(Cc3nc4ccccc4s3)CC2)cc1. The molecule has 7 heteroatoms. The first-order valence-electron chi connectivity index (χ1n) is 9.91. The zero-order chi connectivity index (χ0) is 20.1. The predicted molar refractivity (Wildman–Crippen MR) is 120 cm³/mol. The maximum atomic E-state index is 12.6. The van der Waals surface area contributed by atoms with E-state index in [4.69, 9.17) is 9.72 Å². The highest BCUT2D eigenvalue weighted by atomic mass is 32.2. The van der Waals surface area contributed by atoms with Gasteiger partial charge in [0.2, 0.25) is 5.91 Å². The van der Waals surface area contributed by atoms with Gasteiger partial charge in [0.05, 0.1) is 29.1 Å². The van der Waals surface area contributed by atoms with E-state index >= 15 is 0 Å². The van der Waals surface area contributed by atoms with Crippen LogP contribution in [0.25, 0.3) is 10.2 Å². The number of piperazine rings is 1. The van der Waals surface area contributed by atoms with Crippen LogP contribution < -0.4 is 4.74 Å². The topological polar surface area (TPSA) is 45.7 Å². The molecule has 5 nitrogen and oxygen atoms in total. The number of carbonyl (C=O) groups is 1. The van der Waals surface area contributed by atoms with Crippen LogP contribution in [0, 0.1) is 0 Å². The largest absolute Gasteiger partial charge is 0.494 e. The third-order valence-electron chi connectivity index (χ3n) is 4.92. The third-order valence-corrected chi connectivity index (χ3v) is 6.94. The van der Waals surface area contributed by atoms with E-state index in [1.54, 1.807) is 23.1 Å². The van der Waals surface area contributed by atoms with Crippen LogP contribution in [0.2, 0.25) is 0 Å². The highest BCUT2D eigenvalue weighted by Crippen LogP contribution is 2.24. The number of hydrogen-bond acceptors (Lipinski definition) is 6. The lowest BCUT2D eigenvalue weighted by Crippen LogP contribution is -2.48. The second-order valence-corrected chi connectivity index (χ2v) is 9.09. The Kier molecular flexibility index (Phi) is 6.69. The van der Waals surface area contributed by atoms with Crippen molar-refractivity contribution >= 4 is 39.2 Å². The Morgan fingerprint density at radius 2 is 1.86 bits per heavy atom. The van der Waals surface area contributed by atoms with Gasteiger partial charge in [-0.3, -0.25) is 9.69 Å². The number of hydrogen-bond donors (Lipinski definition) is 0. The van der Waals surface area contributed by atoms with E-state index in [0.717, 1.165) is 53.9 Å². The van der Waals surface area contributed by atoms with Crippen molar-refractivity contribution in [2.45, 2.75) is 18.4 Å². The van der Waals surface area contributed by atoms with Crippen molar-refractivity contribution in [3.8, 4) is 5.75 Å². The van der Waals surface area contributed by atoms with Crippen LogP contribution in [0.3, 0.4) is 0 Å². The van der Waals surface area contributed by atoms with E-state index in [2.05, 4.69) is 23.1 Å². The van der Waals surface area contributed by atoms with Gasteiger partial charge in [0.1, 0.15) is 10.8 Å². The molecule has 2 heterocycles. The van der Waals surface area contributed by atoms with E-state index in [9.17, 15) is 4.79 Å². The molecule has 29 heavy (non-hydrogen) atoms. The summed E-state index contributed by atoms with van der Waals surface area (Å²) in [6, 6.07) is 16.2. The summed E-state index contributed by atoms with van der Waals surface area (Å²) in [7, 11) is 0. The highest BCUT2D eigenvalue weighted by molar-refractivity contribution is 8.00. The van der Waals surface area contributed by atoms with Crippen molar-refractivity contribution in [3.63, 3.8) is 0 Å². The Hall–Kier alpha value is -2.09. The highest BCUT2D eigenvalue weighted by Gasteiger charge is 2.22. The van der Waals surface area contributed by atoms with Crippen molar-refractivity contribution in [1.82, 2.24) is 14.8 Å². The Labute approximate surface area is 179 Å². The first-order valence-corrected chi connectivity index (χ1v) is 11.7. The molecule has 0 aliphatic carbocycles. The minimum Gasteiger partial charge on any atom is -0.494 e. The third kappa shape index (κ3) is 5.29. The zero-order valence-corrected chi connectivity index (χ0v) is 18.2. The monoisotopic (exact) mass is 427 g/mol. The second-order valence-electron chi connectivity index (χ2n) is 6.93. The molecule has 0 atom stereocenters. The molecule has 1 aromatic heterocycles. The Balaban J connectivity index is 1.23. The standard InChI is InChI=1S/C22H25N3O2S2/c1-2-27-17-7-9-18(10-8-17)28-16-22(26)25-13-11-24(12-14-25)15-21-23-19-5-3-4-6-20(19)29-21/h3-10H,2,11-16H2,1H3. The zero-order valence-electron chi connectivity index (χ0n) is 16.5. The average Bonchev–Trinajstić information content (AvgIpc) is 3.16. The fraction of sp³-hybridized carbons (Fsp3) is 0.364. The molecule has 2 aromatic carbocycles. The number of benzene rings is 2. The number of ether oxygens (including phenoxy) is 1. The molecule has 0 bridgehead atoms. The van der Waals surface area contributed by atoms with E-state index < -0.39 is 0 Å². The van der Waals surface area contributed by atoms with Crippen LogP contribution in [0.15, 0.2) is 53.4 Å². The summed E-state index contributed by atoms with van der Waals surface area (Å²) in [5.74, 6) is 1.56. The Morgan fingerprint density at radius 3 is 2.59 bits per heavy atom. The number of carbonyl (C=O) groups excluding carboxylic acids is 1. The fourth-order valence-electron chi connectivity index (χ4n) is 3.37. The van der Waals surface area contributed by atoms with Crippen molar-refractivity contribution in [3.05, 3.63) is 53.5 Å². The van der Waals surface area contributed by atoms with E-state index in [0.29, 0.717) is 12.4 Å². The summed E-state index contributed by atoms with van der Waals surface area (Å²) in [4.78, 5) is 22.8. The molecular formula is C22H25N3O2S2. The molecule has 1 saturated heterocycles. The van der Waals surface area contributed by atoms with Gasteiger partial charge in [-0.05, 0) is 43.3 Å². The molecule has 1 aliphatic heterocycles. The van der Waals surface area contributed by atoms with Crippen molar-refractivity contribution < 1.29 is 9.53 Å². The molecule has 0 unspecified atom stereocenters. The van der Waals surface area contributed by atoms with Crippen molar-refractivity contribution in [2.75, 3.05) is 38.5 Å². The maximum Gasteiger partial charge on any atom is 0.233 e. The summed E-state index contributed by atoms with van der Waals surface area (Å²) in [6.07, 6.45) is 0. The van der Waals surface area contributed by atoms with Gasteiger partial charge >= 0.3 is 0 Å². The summed E-state index contributed by atoms with van der Waals surface area (Å²) < 4.78 is 6.70. The van der Waals surface area contributed by atoms with Crippen LogP contribution in [0.1, 0.15) is 11.9 Å². The molecule has 0 radical (unpaired) electrons. The van der Waals surface area contributed by atoms with Gasteiger partial charge in [0.25, 0.3) is 0 Å². The smallest absolute Gasteiger partial charge is 0.233 e. The molecule has 0 saturated carbocycles. The fourth-order valence-corrected chi connectivity index (χ4v) is 5.18. The Bertz CT molecular complexity index is 917. The number of para-hydroxylation sites is 1. The summed E-state index contributed by atoms with van der Waals surface area (Å²) in [6.45, 7) is 6.87. The van der Waals surface area contributed by atoms with Gasteiger partial charge in [-0.15, -0.1) is 23.1 Å². The number of amides is 1. The number of thioether (sulfide) groups is 1. The summed E-state index contributed by atoms with van der Waals surface area (Å²) in [5, 5.41) is 1.15.